The van der Waals surface area contributed by atoms with Crippen molar-refractivity contribution in [3.8, 4) is 5.69 Å². The van der Waals surface area contributed by atoms with E-state index in [4.69, 9.17) is 0 Å². The van der Waals surface area contributed by atoms with Crippen LogP contribution in [-0.4, -0.2) is 33.7 Å². The highest BCUT2D eigenvalue weighted by atomic mass is 32.2. The van der Waals surface area contributed by atoms with E-state index in [1.54, 1.807) is 12.1 Å². The Hall–Kier alpha value is -3.07. The van der Waals surface area contributed by atoms with Gasteiger partial charge in [0.05, 0.1) is 15.5 Å². The standard InChI is InChI=1S/C20H20N4O4S/c1-12-9-14(10-18-19(25)21-20(26)29-18)13(2)23(12)15-5-6-16(17(11-15)24(27)28)22-7-3-4-8-22/h5-6,9-11H,3-4,7-8H2,1-2H3,(H,21,25,26)/b18-10-. The molecule has 0 aliphatic carbocycles. The zero-order valence-electron chi connectivity index (χ0n) is 16.1. The molecule has 2 aliphatic heterocycles. The monoisotopic (exact) mass is 412 g/mol. The maximum absolute atomic E-state index is 11.8. The fourth-order valence-electron chi connectivity index (χ4n) is 3.92. The molecule has 29 heavy (non-hydrogen) atoms. The molecule has 2 amide bonds. The van der Waals surface area contributed by atoms with Crippen LogP contribution in [-0.2, 0) is 4.79 Å². The molecule has 2 fully saturated rings. The number of nitrogens with one attached hydrogen (secondary N) is 1. The number of anilines is 1. The van der Waals surface area contributed by atoms with E-state index < -0.39 is 5.91 Å². The summed E-state index contributed by atoms with van der Waals surface area (Å²) in [6.07, 6.45) is 3.76. The second kappa shape index (κ2) is 7.40. The summed E-state index contributed by atoms with van der Waals surface area (Å²) in [7, 11) is 0. The predicted octanol–water partition coefficient (Wildman–Crippen LogP) is 3.93. The summed E-state index contributed by atoms with van der Waals surface area (Å²) in [6, 6.07) is 7.21. The van der Waals surface area contributed by atoms with Crippen molar-refractivity contribution in [3.63, 3.8) is 0 Å². The van der Waals surface area contributed by atoms with Gasteiger partial charge >= 0.3 is 0 Å². The molecular formula is C20H20N4O4S. The number of carbonyl (C=O) groups excluding carboxylic acids is 2. The lowest BCUT2D eigenvalue weighted by Gasteiger charge is -2.19. The number of amides is 2. The molecule has 0 bridgehead atoms. The number of aryl methyl sites for hydroxylation is 1. The van der Waals surface area contributed by atoms with Crippen LogP contribution in [0.1, 0.15) is 29.8 Å². The number of benzene rings is 1. The van der Waals surface area contributed by atoms with Gasteiger partial charge in [-0.2, -0.15) is 0 Å². The van der Waals surface area contributed by atoms with Gasteiger partial charge in [-0.1, -0.05) is 0 Å². The summed E-state index contributed by atoms with van der Waals surface area (Å²) in [5, 5.41) is 13.6. The molecule has 9 heteroatoms. The number of hydrogen-bond donors (Lipinski definition) is 1. The van der Waals surface area contributed by atoms with Gasteiger partial charge in [0.2, 0.25) is 0 Å². The van der Waals surface area contributed by atoms with Crippen LogP contribution in [0.3, 0.4) is 0 Å². The second-order valence-electron chi connectivity index (χ2n) is 7.14. The number of rotatable bonds is 4. The Morgan fingerprint density at radius 2 is 1.90 bits per heavy atom. The predicted molar refractivity (Wildman–Crippen MR) is 112 cm³/mol. The first-order valence-corrected chi connectivity index (χ1v) is 10.1. The lowest BCUT2D eigenvalue weighted by molar-refractivity contribution is -0.384. The Balaban J connectivity index is 1.75. The van der Waals surface area contributed by atoms with Gasteiger partial charge in [0, 0.05) is 30.5 Å². The Bertz CT molecular complexity index is 1070. The molecule has 4 rings (SSSR count). The number of carbonyl (C=O) groups is 2. The summed E-state index contributed by atoms with van der Waals surface area (Å²) in [4.78, 5) is 37.0. The second-order valence-corrected chi connectivity index (χ2v) is 8.15. The van der Waals surface area contributed by atoms with Crippen molar-refractivity contribution in [1.29, 1.82) is 0 Å². The molecule has 0 spiro atoms. The van der Waals surface area contributed by atoms with E-state index in [0.717, 1.165) is 54.6 Å². The van der Waals surface area contributed by atoms with Crippen LogP contribution >= 0.6 is 11.8 Å². The van der Waals surface area contributed by atoms with Gasteiger partial charge in [-0.25, -0.2) is 0 Å². The average molecular weight is 412 g/mol. The van der Waals surface area contributed by atoms with Crippen LogP contribution in [0.5, 0.6) is 0 Å². The highest BCUT2D eigenvalue weighted by molar-refractivity contribution is 8.18. The molecule has 150 valence electrons. The minimum Gasteiger partial charge on any atom is -0.366 e. The zero-order chi connectivity index (χ0) is 20.7. The normalized spacial score (nSPS) is 18.0. The number of nitrogens with zero attached hydrogens (tertiary/aromatic N) is 3. The fraction of sp³-hybridized carbons (Fsp3) is 0.300. The maximum atomic E-state index is 11.8. The Kier molecular flexibility index (Phi) is 4.91. The average Bonchev–Trinajstić information content (AvgIpc) is 3.36. The number of thioether (sulfide) groups is 1. The summed E-state index contributed by atoms with van der Waals surface area (Å²) in [6.45, 7) is 5.46. The number of hydrogen-bond acceptors (Lipinski definition) is 6. The van der Waals surface area contributed by atoms with Crippen molar-refractivity contribution in [2.24, 2.45) is 0 Å². The molecule has 2 aromatic rings. The van der Waals surface area contributed by atoms with Gasteiger partial charge in [0.1, 0.15) is 5.69 Å². The summed E-state index contributed by atoms with van der Waals surface area (Å²) in [5.74, 6) is -0.407. The highest BCUT2D eigenvalue weighted by Gasteiger charge is 2.26. The SMILES string of the molecule is Cc1cc(/C=C2\SC(=O)NC2=O)c(C)n1-c1ccc(N2CCCC2)c([N+](=O)[O-])c1. The van der Waals surface area contributed by atoms with Crippen molar-refractivity contribution >= 4 is 40.4 Å². The number of nitro benzene ring substituents is 1. The van der Waals surface area contributed by atoms with Crippen molar-refractivity contribution in [3.05, 3.63) is 56.2 Å². The smallest absolute Gasteiger partial charge is 0.294 e. The van der Waals surface area contributed by atoms with E-state index in [0.29, 0.717) is 16.3 Å². The van der Waals surface area contributed by atoms with E-state index in [1.165, 1.54) is 0 Å². The third-order valence-electron chi connectivity index (χ3n) is 5.26. The quantitative estimate of drug-likeness (QED) is 0.464. The van der Waals surface area contributed by atoms with Gasteiger partial charge in [-0.05, 0) is 68.3 Å². The van der Waals surface area contributed by atoms with E-state index in [1.807, 2.05) is 36.6 Å². The van der Waals surface area contributed by atoms with E-state index >= 15 is 0 Å². The van der Waals surface area contributed by atoms with Crippen LogP contribution in [0.4, 0.5) is 16.2 Å². The molecule has 0 saturated carbocycles. The third-order valence-corrected chi connectivity index (χ3v) is 6.07. The van der Waals surface area contributed by atoms with Crippen molar-refractivity contribution in [2.45, 2.75) is 26.7 Å². The van der Waals surface area contributed by atoms with Crippen molar-refractivity contribution < 1.29 is 14.5 Å². The Morgan fingerprint density at radius 3 is 2.52 bits per heavy atom. The first kappa shape index (κ1) is 19.3. The topological polar surface area (TPSA) is 97.5 Å². The molecule has 2 saturated heterocycles. The fourth-order valence-corrected chi connectivity index (χ4v) is 4.59. The third kappa shape index (κ3) is 3.53. The minimum atomic E-state index is -0.407. The van der Waals surface area contributed by atoms with Gasteiger partial charge in [0.25, 0.3) is 16.8 Å². The molecule has 8 nitrogen and oxygen atoms in total. The highest BCUT2D eigenvalue weighted by Crippen LogP contribution is 2.35. The molecule has 0 radical (unpaired) electrons. The Morgan fingerprint density at radius 1 is 1.17 bits per heavy atom. The number of imide groups is 1. The van der Waals surface area contributed by atoms with Gasteiger partial charge in [-0.3, -0.25) is 25.0 Å². The number of aromatic nitrogens is 1. The lowest BCUT2D eigenvalue weighted by atomic mass is 10.2. The van der Waals surface area contributed by atoms with Crippen molar-refractivity contribution in [1.82, 2.24) is 9.88 Å². The molecule has 3 heterocycles. The van der Waals surface area contributed by atoms with Crippen LogP contribution in [0.2, 0.25) is 0 Å². The molecule has 1 aromatic carbocycles. The molecular weight excluding hydrogens is 392 g/mol. The first-order valence-electron chi connectivity index (χ1n) is 9.32. The molecule has 1 N–H and O–H groups in total. The lowest BCUT2D eigenvalue weighted by Crippen LogP contribution is -2.19. The summed E-state index contributed by atoms with van der Waals surface area (Å²) < 4.78 is 1.92. The van der Waals surface area contributed by atoms with Crippen LogP contribution in [0.25, 0.3) is 11.8 Å². The molecule has 0 atom stereocenters. The van der Waals surface area contributed by atoms with Crippen LogP contribution in [0.15, 0.2) is 29.2 Å². The van der Waals surface area contributed by atoms with E-state index in [9.17, 15) is 19.7 Å². The van der Waals surface area contributed by atoms with E-state index in [2.05, 4.69) is 10.2 Å². The van der Waals surface area contributed by atoms with Crippen LogP contribution in [0, 0.1) is 24.0 Å². The summed E-state index contributed by atoms with van der Waals surface area (Å²) in [5.41, 5.74) is 3.95. The van der Waals surface area contributed by atoms with Gasteiger partial charge < -0.3 is 9.47 Å². The largest absolute Gasteiger partial charge is 0.366 e. The molecule has 2 aliphatic rings. The maximum Gasteiger partial charge on any atom is 0.294 e. The van der Waals surface area contributed by atoms with Crippen LogP contribution < -0.4 is 10.2 Å². The van der Waals surface area contributed by atoms with Gasteiger partial charge in [0.15, 0.2) is 0 Å². The zero-order valence-corrected chi connectivity index (χ0v) is 16.9. The van der Waals surface area contributed by atoms with Gasteiger partial charge in [-0.15, -0.1) is 0 Å². The number of nitro groups is 1. The molecule has 0 unspecified atom stereocenters. The molecule has 1 aromatic heterocycles. The Labute approximate surface area is 171 Å². The summed E-state index contributed by atoms with van der Waals surface area (Å²) >= 11 is 0.868. The minimum absolute atomic E-state index is 0.0909. The first-order chi connectivity index (χ1) is 13.8. The van der Waals surface area contributed by atoms with E-state index in [-0.39, 0.29) is 15.8 Å². The van der Waals surface area contributed by atoms with Crippen molar-refractivity contribution in [2.75, 3.05) is 18.0 Å².